The molecule has 272 valence electrons. The summed E-state index contributed by atoms with van der Waals surface area (Å²) in [6.45, 7) is 12.0. The molecule has 12 nitrogen and oxygen atoms in total. The van der Waals surface area contributed by atoms with Crippen LogP contribution in [0, 0.1) is 28.6 Å². The largest absolute Gasteiger partial charge is 0.481 e. The first kappa shape index (κ1) is 42.3. The minimum Gasteiger partial charge on any atom is -0.481 e. The van der Waals surface area contributed by atoms with Gasteiger partial charge in [0.15, 0.2) is 0 Å². The Bertz CT molecular complexity index is 1010. The summed E-state index contributed by atoms with van der Waals surface area (Å²) >= 11 is 0. The Kier molecular flexibility index (Phi) is 18.5. The van der Waals surface area contributed by atoms with Crippen molar-refractivity contribution in [1.82, 2.24) is 15.5 Å². The summed E-state index contributed by atoms with van der Waals surface area (Å²) in [6, 6.07) is -0.662. The lowest BCUT2D eigenvalue weighted by Crippen LogP contribution is -2.45. The van der Waals surface area contributed by atoms with E-state index in [1.54, 1.807) is 25.8 Å². The Morgan fingerprint density at radius 1 is 0.851 bits per heavy atom. The first-order chi connectivity index (χ1) is 22.0. The molecule has 0 saturated heterocycles. The van der Waals surface area contributed by atoms with E-state index in [0.717, 1.165) is 32.1 Å². The molecule has 5 N–H and O–H groups in total. The van der Waals surface area contributed by atoms with E-state index in [1.165, 1.54) is 19.3 Å². The van der Waals surface area contributed by atoms with Crippen molar-refractivity contribution in [1.29, 1.82) is 0 Å². The number of hydrogen-bond acceptors (Lipinski definition) is 8. The number of hydrogen-bond donors (Lipinski definition) is 5. The van der Waals surface area contributed by atoms with Gasteiger partial charge in [-0.3, -0.25) is 24.0 Å². The van der Waals surface area contributed by atoms with Crippen LogP contribution in [0.4, 0.5) is 0 Å². The predicted octanol–water partition coefficient (Wildman–Crippen LogP) is 4.23. The normalized spacial score (nSPS) is 20.2. The fourth-order valence-corrected chi connectivity index (χ4v) is 5.86. The van der Waals surface area contributed by atoms with Gasteiger partial charge in [-0.15, -0.1) is 0 Å². The summed E-state index contributed by atoms with van der Waals surface area (Å²) < 4.78 is 5.13. The molecule has 12 heteroatoms. The molecule has 2 amide bonds. The van der Waals surface area contributed by atoms with Crippen LogP contribution in [0.2, 0.25) is 0 Å². The number of carboxylic acids is 2. The maximum Gasteiger partial charge on any atom is 0.320 e. The van der Waals surface area contributed by atoms with Gasteiger partial charge < -0.3 is 35.6 Å². The fraction of sp³-hybridized carbons (Fsp3) is 0.857. The molecule has 0 spiro atoms. The molecule has 2 rings (SSSR count). The van der Waals surface area contributed by atoms with Gasteiger partial charge >= 0.3 is 17.9 Å². The van der Waals surface area contributed by atoms with Gasteiger partial charge in [0, 0.05) is 32.1 Å². The third-order valence-electron chi connectivity index (χ3n) is 10.0. The SMILES string of the molecule is CCC(C)(C)C(=O)N(C)CCNC(=O)C1CCCCC1C(=O)O.CCC(C)(C)C(=O)OCC(O)CNC(CC1CCCCC1)C(=O)O. The second-order valence-electron chi connectivity index (χ2n) is 14.6. The number of amides is 2. The number of nitrogens with one attached hydrogen (secondary N) is 2. The van der Waals surface area contributed by atoms with Gasteiger partial charge in [-0.25, -0.2) is 0 Å². The number of aliphatic carboxylic acids is 2. The quantitative estimate of drug-likeness (QED) is 0.141. The Balaban J connectivity index is 0.000000470. The van der Waals surface area contributed by atoms with E-state index in [-0.39, 0.29) is 30.9 Å². The third-order valence-corrected chi connectivity index (χ3v) is 10.0. The molecule has 0 bridgehead atoms. The zero-order chi connectivity index (χ0) is 35.8. The van der Waals surface area contributed by atoms with E-state index in [1.807, 2.05) is 27.7 Å². The molecule has 0 radical (unpaired) electrons. The third kappa shape index (κ3) is 14.9. The molecular weight excluding hydrogens is 606 g/mol. The van der Waals surface area contributed by atoms with Crippen LogP contribution < -0.4 is 10.6 Å². The van der Waals surface area contributed by atoms with Gasteiger partial charge in [-0.05, 0) is 51.9 Å². The van der Waals surface area contributed by atoms with Gasteiger partial charge in [-0.1, -0.05) is 72.6 Å². The number of carboxylic acid groups (broad SMARTS) is 2. The predicted molar refractivity (Wildman–Crippen MR) is 179 cm³/mol. The number of likely N-dealkylation sites (N-methyl/N-ethyl adjacent to an activating group) is 1. The molecule has 2 aliphatic carbocycles. The highest BCUT2D eigenvalue weighted by Gasteiger charge is 2.36. The molecule has 2 saturated carbocycles. The van der Waals surface area contributed by atoms with E-state index in [0.29, 0.717) is 44.7 Å². The minimum absolute atomic E-state index is 0.0512. The van der Waals surface area contributed by atoms with Crippen LogP contribution >= 0.6 is 0 Å². The number of nitrogens with zero attached hydrogens (tertiary/aromatic N) is 1. The molecule has 2 aliphatic rings. The number of esters is 1. The maximum atomic E-state index is 12.3. The molecule has 2 fully saturated rings. The lowest BCUT2D eigenvalue weighted by atomic mass is 9.79. The van der Waals surface area contributed by atoms with Crippen molar-refractivity contribution in [3.63, 3.8) is 0 Å². The van der Waals surface area contributed by atoms with E-state index in [4.69, 9.17) is 4.74 Å². The summed E-state index contributed by atoms with van der Waals surface area (Å²) in [5.41, 5.74) is -0.978. The van der Waals surface area contributed by atoms with Crippen LogP contribution in [0.3, 0.4) is 0 Å². The summed E-state index contributed by atoms with van der Waals surface area (Å²) in [5, 5.41) is 34.2. The zero-order valence-corrected chi connectivity index (χ0v) is 29.9. The first-order valence-electron chi connectivity index (χ1n) is 17.5. The van der Waals surface area contributed by atoms with Crippen LogP contribution in [-0.4, -0.2) is 95.4 Å². The zero-order valence-electron chi connectivity index (χ0n) is 29.9. The smallest absolute Gasteiger partial charge is 0.320 e. The van der Waals surface area contributed by atoms with Gasteiger partial charge in [0.05, 0.1) is 17.3 Å². The molecule has 4 atom stereocenters. The summed E-state index contributed by atoms with van der Waals surface area (Å²) in [4.78, 5) is 60.6. The second kappa shape index (κ2) is 20.6. The topological polar surface area (TPSA) is 183 Å². The highest BCUT2D eigenvalue weighted by atomic mass is 16.5. The van der Waals surface area contributed by atoms with Crippen molar-refractivity contribution < 1.29 is 44.0 Å². The van der Waals surface area contributed by atoms with Crippen molar-refractivity contribution in [3.8, 4) is 0 Å². The molecule has 0 aromatic carbocycles. The molecule has 47 heavy (non-hydrogen) atoms. The summed E-state index contributed by atoms with van der Waals surface area (Å²) in [6.07, 6.45) is 9.78. The van der Waals surface area contributed by atoms with Crippen LogP contribution in [0.25, 0.3) is 0 Å². The molecular formula is C35H63N3O9. The van der Waals surface area contributed by atoms with Crippen LogP contribution in [-0.2, 0) is 28.7 Å². The fourth-order valence-electron chi connectivity index (χ4n) is 5.86. The van der Waals surface area contributed by atoms with Crippen LogP contribution in [0.15, 0.2) is 0 Å². The highest BCUT2D eigenvalue weighted by Crippen LogP contribution is 2.31. The van der Waals surface area contributed by atoms with Crippen molar-refractivity contribution in [2.75, 3.05) is 33.3 Å². The van der Waals surface area contributed by atoms with Gasteiger partial charge in [0.1, 0.15) is 18.8 Å². The van der Waals surface area contributed by atoms with Gasteiger partial charge in [0.25, 0.3) is 0 Å². The maximum absolute atomic E-state index is 12.3. The van der Waals surface area contributed by atoms with Crippen molar-refractivity contribution >= 4 is 29.7 Å². The lowest BCUT2D eigenvalue weighted by molar-refractivity contribution is -0.157. The number of carbonyl (C=O) groups excluding carboxylic acids is 3. The molecule has 0 aromatic heterocycles. The van der Waals surface area contributed by atoms with Gasteiger partial charge in [-0.2, -0.15) is 0 Å². The Morgan fingerprint density at radius 3 is 1.94 bits per heavy atom. The number of ether oxygens (including phenoxy) is 1. The molecule has 0 aromatic rings. The van der Waals surface area contributed by atoms with Crippen LogP contribution in [0.5, 0.6) is 0 Å². The summed E-state index contributed by atoms with van der Waals surface area (Å²) in [5.74, 6) is -2.87. The van der Waals surface area contributed by atoms with E-state index in [2.05, 4.69) is 10.6 Å². The van der Waals surface area contributed by atoms with E-state index < -0.39 is 46.8 Å². The average molecular weight is 670 g/mol. The number of rotatable bonds is 17. The number of aliphatic hydroxyl groups is 1. The Labute approximate surface area is 281 Å². The summed E-state index contributed by atoms with van der Waals surface area (Å²) in [7, 11) is 1.73. The van der Waals surface area contributed by atoms with E-state index in [9.17, 15) is 39.3 Å². The van der Waals surface area contributed by atoms with Crippen molar-refractivity contribution in [2.45, 2.75) is 131 Å². The van der Waals surface area contributed by atoms with E-state index >= 15 is 0 Å². The number of aliphatic hydroxyl groups excluding tert-OH is 1. The molecule has 0 heterocycles. The lowest BCUT2D eigenvalue weighted by Gasteiger charge is -2.29. The van der Waals surface area contributed by atoms with Crippen LogP contribution in [0.1, 0.15) is 119 Å². The highest BCUT2D eigenvalue weighted by molar-refractivity contribution is 5.85. The molecule has 0 aliphatic heterocycles. The van der Waals surface area contributed by atoms with Gasteiger partial charge in [0.2, 0.25) is 11.8 Å². The standard InChI is InChI=1S/C18H33NO5.C17H30N2O4/c1-4-18(2,3)17(23)24-12-14(20)11-19-15(16(21)22)10-13-8-6-5-7-9-13;1-5-17(2,3)16(23)19(4)11-10-18-14(20)12-8-6-7-9-13(12)15(21)22/h13-15,19-20H,4-12H2,1-3H3,(H,21,22);12-13H,5-11H2,1-4H3,(H,18,20)(H,21,22). The minimum atomic E-state index is -0.908. The Hall–Kier alpha value is -2.73. The van der Waals surface area contributed by atoms with Crippen molar-refractivity contribution in [2.24, 2.45) is 28.6 Å². The van der Waals surface area contributed by atoms with Crippen molar-refractivity contribution in [3.05, 3.63) is 0 Å². The Morgan fingerprint density at radius 2 is 1.40 bits per heavy atom. The monoisotopic (exact) mass is 669 g/mol. The first-order valence-corrected chi connectivity index (χ1v) is 17.5. The number of carbonyl (C=O) groups is 5. The average Bonchev–Trinajstić information content (AvgIpc) is 3.05. The second-order valence-corrected chi connectivity index (χ2v) is 14.6. The molecule has 4 unspecified atom stereocenters.